The molecule has 7 nitrogen and oxygen atoms in total. The van der Waals surface area contributed by atoms with Crippen molar-refractivity contribution in [2.75, 3.05) is 13.1 Å². The topological polar surface area (TPSA) is 87.7 Å². The molecule has 3 heterocycles. The summed E-state index contributed by atoms with van der Waals surface area (Å²) in [5.41, 5.74) is 2.39. The molecule has 4 rings (SSSR count). The third kappa shape index (κ3) is 3.26. The number of nitrogens with zero attached hydrogens (tertiary/aromatic N) is 5. The normalized spacial score (nSPS) is 17.0. The zero-order valence-corrected chi connectivity index (χ0v) is 13.7. The van der Waals surface area contributed by atoms with Crippen molar-refractivity contribution in [3.05, 3.63) is 59.9 Å². The van der Waals surface area contributed by atoms with E-state index in [1.165, 1.54) is 0 Å². The first-order chi connectivity index (χ1) is 12.3. The Kier molecular flexibility index (Phi) is 4.20. The van der Waals surface area contributed by atoms with E-state index >= 15 is 0 Å². The van der Waals surface area contributed by atoms with E-state index in [0.717, 1.165) is 31.6 Å². The maximum Gasteiger partial charge on any atom is 0.254 e. The smallest absolute Gasteiger partial charge is 0.254 e. The Morgan fingerprint density at radius 2 is 2.08 bits per heavy atom. The van der Waals surface area contributed by atoms with E-state index in [0.29, 0.717) is 22.9 Å². The predicted octanol–water partition coefficient (Wildman–Crippen LogP) is 1.97. The van der Waals surface area contributed by atoms with Crippen molar-refractivity contribution in [2.24, 2.45) is 5.92 Å². The number of benzene rings is 1. The average molecular weight is 334 g/mol. The molecule has 1 aliphatic heterocycles. The Labute approximate surface area is 145 Å². The van der Waals surface area contributed by atoms with Crippen LogP contribution in [0.2, 0.25) is 0 Å². The highest BCUT2D eigenvalue weighted by Gasteiger charge is 2.29. The zero-order valence-electron chi connectivity index (χ0n) is 13.7. The molecule has 1 fully saturated rings. The van der Waals surface area contributed by atoms with Crippen molar-refractivity contribution >= 4 is 5.91 Å². The van der Waals surface area contributed by atoms with E-state index in [1.54, 1.807) is 0 Å². The van der Waals surface area contributed by atoms with Crippen molar-refractivity contribution in [3.63, 3.8) is 0 Å². The Morgan fingerprint density at radius 1 is 1.20 bits per heavy atom. The highest BCUT2D eigenvalue weighted by Crippen LogP contribution is 2.25. The Balaban J connectivity index is 1.49. The minimum absolute atomic E-state index is 0.0175. The van der Waals surface area contributed by atoms with E-state index in [2.05, 4.69) is 25.6 Å². The van der Waals surface area contributed by atoms with Crippen LogP contribution >= 0.6 is 0 Å². The molecular weight excluding hydrogens is 316 g/mol. The van der Waals surface area contributed by atoms with Gasteiger partial charge in [-0.1, -0.05) is 24.3 Å². The number of carbonyl (C=O) groups excluding carboxylic acids is 1. The molecule has 1 aromatic carbocycles. The van der Waals surface area contributed by atoms with Gasteiger partial charge in [-0.25, -0.2) is 0 Å². The van der Waals surface area contributed by atoms with Crippen molar-refractivity contribution in [1.29, 1.82) is 0 Å². The monoisotopic (exact) mass is 334 g/mol. The maximum atomic E-state index is 13.0. The molecule has 3 aromatic rings. The van der Waals surface area contributed by atoms with Gasteiger partial charge in [0.25, 0.3) is 5.91 Å². The molecule has 0 aliphatic carbocycles. The summed E-state index contributed by atoms with van der Waals surface area (Å²) in [6, 6.07) is 13.4. The standard InChI is InChI=1S/C18H18N6O/c25-18(16-7-2-1-6-15(16)17-20-22-23-21-17)24-10-8-13(12-24)11-14-5-3-4-9-19-14/h1-7,9,13H,8,10-12H2,(H,20,21,22,23). The Morgan fingerprint density at radius 3 is 2.88 bits per heavy atom. The van der Waals surface area contributed by atoms with Gasteiger partial charge in [0.15, 0.2) is 0 Å². The minimum atomic E-state index is 0.0175. The number of H-pyrrole nitrogens is 1. The highest BCUT2D eigenvalue weighted by atomic mass is 16.2. The quantitative estimate of drug-likeness (QED) is 0.788. The van der Waals surface area contributed by atoms with Gasteiger partial charge in [-0.2, -0.15) is 5.21 Å². The number of nitrogens with one attached hydrogen (secondary N) is 1. The Bertz CT molecular complexity index is 849. The highest BCUT2D eigenvalue weighted by molar-refractivity contribution is 6.00. The fourth-order valence-corrected chi connectivity index (χ4v) is 3.31. The molecule has 1 unspecified atom stereocenters. The number of aromatic amines is 1. The molecule has 1 N–H and O–H groups in total. The van der Waals surface area contributed by atoms with Crippen LogP contribution in [0.4, 0.5) is 0 Å². The minimum Gasteiger partial charge on any atom is -0.338 e. The van der Waals surface area contributed by atoms with Crippen LogP contribution in [0.5, 0.6) is 0 Å². The first kappa shape index (κ1) is 15.4. The number of tetrazole rings is 1. The second-order valence-corrected chi connectivity index (χ2v) is 6.21. The molecule has 0 bridgehead atoms. The number of amides is 1. The number of hydrogen-bond donors (Lipinski definition) is 1. The molecular formula is C18H18N6O. The predicted molar refractivity (Wildman–Crippen MR) is 91.6 cm³/mol. The summed E-state index contributed by atoms with van der Waals surface area (Å²) in [6.45, 7) is 1.51. The lowest BCUT2D eigenvalue weighted by Crippen LogP contribution is -2.29. The van der Waals surface area contributed by atoms with Gasteiger partial charge in [0.2, 0.25) is 5.82 Å². The van der Waals surface area contributed by atoms with Crippen LogP contribution in [0.25, 0.3) is 11.4 Å². The lowest BCUT2D eigenvalue weighted by molar-refractivity contribution is 0.0787. The molecule has 1 aliphatic rings. The first-order valence-electron chi connectivity index (χ1n) is 8.33. The zero-order chi connectivity index (χ0) is 17.1. The van der Waals surface area contributed by atoms with Crippen LogP contribution in [-0.2, 0) is 6.42 Å². The fourth-order valence-electron chi connectivity index (χ4n) is 3.31. The summed E-state index contributed by atoms with van der Waals surface area (Å²) in [5, 5.41) is 14.0. The van der Waals surface area contributed by atoms with Crippen LogP contribution in [-0.4, -0.2) is 49.5 Å². The molecule has 0 radical (unpaired) electrons. The number of carbonyl (C=O) groups is 1. The van der Waals surface area contributed by atoms with Crippen molar-refractivity contribution in [2.45, 2.75) is 12.8 Å². The van der Waals surface area contributed by atoms with Crippen molar-refractivity contribution < 1.29 is 4.79 Å². The second kappa shape index (κ2) is 6.80. The summed E-state index contributed by atoms with van der Waals surface area (Å²) in [5.74, 6) is 0.897. The summed E-state index contributed by atoms with van der Waals surface area (Å²) in [7, 11) is 0. The second-order valence-electron chi connectivity index (χ2n) is 6.21. The van der Waals surface area contributed by atoms with E-state index in [9.17, 15) is 4.79 Å². The summed E-state index contributed by atoms with van der Waals surface area (Å²) < 4.78 is 0. The fraction of sp³-hybridized carbons (Fsp3) is 0.278. The molecule has 126 valence electrons. The largest absolute Gasteiger partial charge is 0.338 e. The van der Waals surface area contributed by atoms with Gasteiger partial charge in [0.1, 0.15) is 0 Å². The number of likely N-dealkylation sites (tertiary alicyclic amines) is 1. The summed E-state index contributed by atoms with van der Waals surface area (Å²) >= 11 is 0. The van der Waals surface area contributed by atoms with E-state index in [-0.39, 0.29) is 5.91 Å². The van der Waals surface area contributed by atoms with Crippen LogP contribution in [0, 0.1) is 5.92 Å². The molecule has 0 spiro atoms. The van der Waals surface area contributed by atoms with Crippen LogP contribution in [0.15, 0.2) is 48.7 Å². The first-order valence-corrected chi connectivity index (χ1v) is 8.33. The van der Waals surface area contributed by atoms with Gasteiger partial charge >= 0.3 is 0 Å². The molecule has 1 amide bonds. The number of hydrogen-bond acceptors (Lipinski definition) is 5. The van der Waals surface area contributed by atoms with E-state index in [1.807, 2.05) is 53.6 Å². The lowest BCUT2D eigenvalue weighted by atomic mass is 10.0. The number of pyridine rings is 1. The van der Waals surface area contributed by atoms with Gasteiger partial charge in [-0.3, -0.25) is 9.78 Å². The molecule has 2 aromatic heterocycles. The summed E-state index contributed by atoms with van der Waals surface area (Å²) in [4.78, 5) is 19.3. The third-order valence-corrected chi connectivity index (χ3v) is 4.54. The number of aromatic nitrogens is 5. The van der Waals surface area contributed by atoms with Gasteiger partial charge < -0.3 is 4.90 Å². The SMILES string of the molecule is O=C(c1ccccc1-c1nn[nH]n1)N1CCC(Cc2ccccn2)C1. The maximum absolute atomic E-state index is 13.0. The molecule has 25 heavy (non-hydrogen) atoms. The van der Waals surface area contributed by atoms with Crippen LogP contribution in [0.1, 0.15) is 22.5 Å². The Hall–Kier alpha value is -3.09. The number of rotatable bonds is 4. The van der Waals surface area contributed by atoms with E-state index < -0.39 is 0 Å². The average Bonchev–Trinajstić information content (AvgIpc) is 3.34. The van der Waals surface area contributed by atoms with Crippen molar-refractivity contribution in [1.82, 2.24) is 30.5 Å². The van der Waals surface area contributed by atoms with Gasteiger partial charge in [0.05, 0.1) is 5.56 Å². The van der Waals surface area contributed by atoms with E-state index in [4.69, 9.17) is 0 Å². The van der Waals surface area contributed by atoms with Crippen LogP contribution in [0.3, 0.4) is 0 Å². The van der Waals surface area contributed by atoms with Gasteiger partial charge in [0, 0.05) is 30.5 Å². The van der Waals surface area contributed by atoms with Crippen molar-refractivity contribution in [3.8, 4) is 11.4 Å². The van der Waals surface area contributed by atoms with Crippen LogP contribution < -0.4 is 0 Å². The summed E-state index contributed by atoms with van der Waals surface area (Å²) in [6.07, 6.45) is 3.71. The molecule has 7 heteroatoms. The third-order valence-electron chi connectivity index (χ3n) is 4.54. The molecule has 1 atom stereocenters. The van der Waals surface area contributed by atoms with Gasteiger partial charge in [-0.05, 0) is 42.2 Å². The molecule has 1 saturated heterocycles. The van der Waals surface area contributed by atoms with Gasteiger partial charge in [-0.15, -0.1) is 10.2 Å². The molecule has 0 saturated carbocycles. The lowest BCUT2D eigenvalue weighted by Gasteiger charge is -2.18.